The third-order valence-electron chi connectivity index (χ3n) is 17.4. The van der Waals surface area contributed by atoms with Crippen molar-refractivity contribution in [2.45, 2.75) is 59.5 Å². The van der Waals surface area contributed by atoms with Crippen molar-refractivity contribution in [3.05, 3.63) is 221 Å². The average Bonchev–Trinajstić information content (AvgIpc) is 0.771. The zero-order valence-corrected chi connectivity index (χ0v) is 77.4. The third kappa shape index (κ3) is 27.3. The van der Waals surface area contributed by atoms with E-state index in [0.29, 0.717) is 239 Å². The van der Waals surface area contributed by atoms with Crippen molar-refractivity contribution >= 4 is 148 Å². The molecular formula is C88H100Br4I2O28. The Labute approximate surface area is 767 Å². The van der Waals surface area contributed by atoms with Crippen LogP contribution in [-0.4, -0.2) is 195 Å². The molecule has 0 unspecified atom stereocenters. The molecule has 5 aliphatic heterocycles. The molecule has 0 aliphatic carbocycles. The van der Waals surface area contributed by atoms with Gasteiger partial charge in [0.1, 0.15) is 72.2 Å². The topological polar surface area (TPSA) is 402 Å². The van der Waals surface area contributed by atoms with Crippen molar-refractivity contribution in [3.63, 3.8) is 0 Å². The molecule has 12 rings (SSSR count). The van der Waals surface area contributed by atoms with Crippen molar-refractivity contribution in [1.82, 2.24) is 0 Å². The molecule has 6 aromatic carbocycles. The van der Waals surface area contributed by atoms with Gasteiger partial charge in [0.05, 0.1) is 122 Å². The number of aliphatic hydroxyl groups is 12. The lowest BCUT2D eigenvalue weighted by atomic mass is 10.0. The van der Waals surface area contributed by atoms with Crippen LogP contribution in [0.25, 0.3) is 38.8 Å². The maximum atomic E-state index is 11.8. The molecule has 5 aliphatic rings. The first-order chi connectivity index (χ1) is 58.2. The van der Waals surface area contributed by atoms with E-state index in [0.717, 1.165) is 50.8 Å². The number of benzene rings is 6. The Bertz CT molecular complexity index is 4970. The molecule has 12 N–H and O–H groups in total. The fourth-order valence-corrected chi connectivity index (χ4v) is 16.7. The van der Waals surface area contributed by atoms with Crippen LogP contribution in [0.1, 0.15) is 84.9 Å². The lowest BCUT2D eigenvalue weighted by molar-refractivity contribution is 0.220. The van der Waals surface area contributed by atoms with Crippen LogP contribution in [0.5, 0.6) is 80.5 Å². The maximum absolute atomic E-state index is 11.8. The van der Waals surface area contributed by atoms with Gasteiger partial charge < -0.3 is 132 Å². The van der Waals surface area contributed by atoms with Crippen molar-refractivity contribution in [2.24, 2.45) is 0 Å². The third-order valence-corrected chi connectivity index (χ3v) is 21.8. The second-order valence-corrected chi connectivity index (χ2v) is 31.3. The number of hydrogen-bond donors (Lipinski definition) is 12. The summed E-state index contributed by atoms with van der Waals surface area (Å²) in [7, 11) is 4.56. The van der Waals surface area contributed by atoms with Gasteiger partial charge in [-0.25, -0.2) is 4.79 Å². The van der Waals surface area contributed by atoms with E-state index in [1.54, 1.807) is 74.7 Å². The zero-order valence-electron chi connectivity index (χ0n) is 66.8. The van der Waals surface area contributed by atoms with E-state index in [-0.39, 0.29) is 86.7 Å². The van der Waals surface area contributed by atoms with Crippen molar-refractivity contribution in [1.29, 1.82) is 0 Å². The number of ether oxygens (including phenoxy) is 14. The predicted octanol–water partition coefficient (Wildman–Crippen LogP) is 14.9. The Balaban J connectivity index is 0.000000226. The predicted molar refractivity (Wildman–Crippen MR) is 495 cm³/mol. The number of methoxy groups -OCH3 is 3. The molecule has 1 aromatic heterocycles. The number of halogens is 6. The van der Waals surface area contributed by atoms with E-state index in [1.807, 2.05) is 24.3 Å². The Morgan fingerprint density at radius 3 is 1.30 bits per heavy atom. The van der Waals surface area contributed by atoms with Crippen LogP contribution < -0.4 is 71.9 Å². The van der Waals surface area contributed by atoms with Gasteiger partial charge in [0.15, 0.2) is 40.1 Å². The Kier molecular flexibility index (Phi) is 43.9. The zero-order chi connectivity index (χ0) is 88.6. The summed E-state index contributed by atoms with van der Waals surface area (Å²) in [5.74, 6) is 10.0. The minimum atomic E-state index is -0.490. The minimum Gasteiger partial charge on any atom is -0.496 e. The van der Waals surface area contributed by atoms with Gasteiger partial charge in [0.25, 0.3) is 0 Å². The summed E-state index contributed by atoms with van der Waals surface area (Å²) in [6.07, 6.45) is 11.7. The second-order valence-electron chi connectivity index (χ2n) is 25.8. The van der Waals surface area contributed by atoms with Crippen molar-refractivity contribution < 1.29 is 132 Å². The summed E-state index contributed by atoms with van der Waals surface area (Å²) >= 11 is 18.1. The van der Waals surface area contributed by atoms with Gasteiger partial charge in [0.2, 0.25) is 11.5 Å². The molecule has 0 bridgehead atoms. The molecule has 0 spiro atoms. The molecular weight excluding hydrogens is 2080 g/mol. The van der Waals surface area contributed by atoms with Crippen LogP contribution in [0.3, 0.4) is 0 Å². The lowest BCUT2D eigenvalue weighted by Gasteiger charge is -2.24. The van der Waals surface area contributed by atoms with Gasteiger partial charge in [-0.1, -0.05) is 40.3 Å². The number of hydrogen-bond acceptors (Lipinski definition) is 28. The Hall–Kier alpha value is -7.97. The number of allylic oxidation sites excluding steroid dienone is 5. The Morgan fingerprint density at radius 2 is 0.803 bits per heavy atom. The quantitative estimate of drug-likeness (QED) is 0.0103. The van der Waals surface area contributed by atoms with Crippen LogP contribution in [0, 0.1) is 14.1 Å². The van der Waals surface area contributed by atoms with E-state index in [9.17, 15) is 35.4 Å². The monoisotopic (exact) mass is 2170 g/mol. The van der Waals surface area contributed by atoms with E-state index < -0.39 is 5.63 Å². The minimum absolute atomic E-state index is 0. The highest BCUT2D eigenvalue weighted by Gasteiger charge is 2.30. The first-order valence-corrected chi connectivity index (χ1v) is 42.7. The fraction of sp³-hybridized carbons (Fsp3) is 0.330. The van der Waals surface area contributed by atoms with Gasteiger partial charge >= 0.3 is 5.63 Å². The summed E-state index contributed by atoms with van der Waals surface area (Å²) in [6, 6.07) is 16.1. The lowest BCUT2D eigenvalue weighted by Crippen LogP contribution is -2.10. The molecule has 0 radical (unpaired) electrons. The van der Waals surface area contributed by atoms with E-state index >= 15 is 0 Å². The summed E-state index contributed by atoms with van der Waals surface area (Å²) in [5.41, 5.74) is 8.28. The molecule has 0 saturated carbocycles. The largest absolute Gasteiger partial charge is 0.496 e. The van der Waals surface area contributed by atoms with Crippen LogP contribution in [0.4, 0.5) is 0 Å². The van der Waals surface area contributed by atoms with Gasteiger partial charge in [-0.2, -0.15) is 0 Å². The highest BCUT2D eigenvalue weighted by Crippen LogP contribution is 2.53. The average molecular weight is 2180 g/mol. The number of aliphatic hydroxyl groups excluding tert-OH is 12. The molecule has 6 heterocycles. The smallest absolute Gasteiger partial charge is 0.339 e. The highest BCUT2D eigenvalue weighted by atomic mass is 127. The van der Waals surface area contributed by atoms with Gasteiger partial charge in [-0.05, 0) is 216 Å². The maximum Gasteiger partial charge on any atom is 0.339 e. The second kappa shape index (κ2) is 52.1. The van der Waals surface area contributed by atoms with Gasteiger partial charge in [-0.3, -0.25) is 0 Å². The van der Waals surface area contributed by atoms with Gasteiger partial charge in [-0.15, -0.1) is 0 Å². The summed E-state index contributed by atoms with van der Waals surface area (Å²) in [5, 5.41) is 110. The molecule has 0 fully saturated rings. The molecule has 122 heavy (non-hydrogen) atoms. The van der Waals surface area contributed by atoms with Gasteiger partial charge in [0, 0.05) is 130 Å². The first-order valence-electron chi connectivity index (χ1n) is 37.4. The van der Waals surface area contributed by atoms with Crippen LogP contribution in [-0.2, 0) is 6.61 Å². The summed E-state index contributed by atoms with van der Waals surface area (Å²) in [4.78, 5) is 11.8. The number of rotatable bonds is 33. The fourth-order valence-electron chi connectivity index (χ4n) is 11.7. The molecule has 7 aromatic rings. The van der Waals surface area contributed by atoms with E-state index in [4.69, 9.17) is 101 Å². The number of fused-ring (bicyclic) bond motifs is 6. The van der Waals surface area contributed by atoms with Crippen LogP contribution >= 0.6 is 109 Å². The Morgan fingerprint density at radius 1 is 0.393 bits per heavy atom. The van der Waals surface area contributed by atoms with E-state index in [1.165, 1.54) is 14.2 Å². The first kappa shape index (κ1) is 103. The summed E-state index contributed by atoms with van der Waals surface area (Å²) in [6.45, 7) is 22.4. The molecule has 34 heteroatoms. The normalized spacial score (nSPS) is 12.9. The molecule has 0 saturated heterocycles. The van der Waals surface area contributed by atoms with Crippen LogP contribution in [0.15, 0.2) is 174 Å². The molecule has 0 atom stereocenters. The highest BCUT2D eigenvalue weighted by molar-refractivity contribution is 14.1. The van der Waals surface area contributed by atoms with E-state index in [2.05, 4.69) is 142 Å². The van der Waals surface area contributed by atoms with Crippen molar-refractivity contribution in [2.75, 3.05) is 134 Å². The standard InChI is InChI=1S/C16H20O6.C15H18O5.C14H14Br2O5.C14H14Br2O4.C14H14I2O4.C14H16O4.CH4/c1-10-7-11(9-18)12-8-13(19-2)15(21-6-4-5-17)16(20-3)14(12)22-10;1-10-6-11(9-17)15-13(18-2)7-12(8-14(15)20-10)19-5-3-4-16;1-7-9(6-18)8-5-10(15)13(20-4-2-3-17)11(16)12(8)21-14(7)19;2*1-8-5-9(7-18)10-6-11(15)14(19-4-2-3-17)12(16)13(10)20-8;1-10-7-11(9-16)13-4-3-12(8-14(13)18-10)17-6-2-5-15;/h7-8,17-18H,1,4-6,9H2,2-3H3;6-8,16-17H,1,3-5,9H2,2H3;5,17-18H,2-4,6H2,1H3;2*5-6,17-18H,1-4,7H2;3-4,7-8,15-16H,1-2,5-6,9H2;1H4. The SMILES string of the molecule is C.C=C1C=C(CO)c2c(OC)cc(OCCCO)cc2O1.C=C1C=C(CO)c2cc(Br)c(OCCCO)c(Br)c2O1.C=C1C=C(CO)c2cc(I)c(OCCCO)c(I)c2O1.C=C1C=C(CO)c2cc(OC)c(OCCCO)c(OC)c2O1.C=C1C=C(CO)c2ccc(OCCCO)cc2O1.Cc1c(CO)c2cc(Br)c(OCCCO)c(Br)c2oc1=O. The van der Waals surface area contributed by atoms with Crippen LogP contribution in [0.2, 0.25) is 0 Å². The summed E-state index contributed by atoms with van der Waals surface area (Å²) < 4.78 is 87.3. The molecule has 662 valence electrons. The van der Waals surface area contributed by atoms with Crippen molar-refractivity contribution in [3.8, 4) is 80.5 Å². The molecule has 28 nitrogen and oxygen atoms in total. The molecule has 0 amide bonds.